The van der Waals surface area contributed by atoms with E-state index >= 15 is 0 Å². The summed E-state index contributed by atoms with van der Waals surface area (Å²) in [6.07, 6.45) is 97.9. The van der Waals surface area contributed by atoms with Crippen molar-refractivity contribution < 1.29 is 37.6 Å². The first-order valence-electron chi connectivity index (χ1n) is 38.8. The second-order valence-corrected chi connectivity index (χ2v) is 27.7. The van der Waals surface area contributed by atoms with Crippen LogP contribution in [0.2, 0.25) is 0 Å². The second-order valence-electron chi connectivity index (χ2n) is 26.2. The highest BCUT2D eigenvalue weighted by atomic mass is 31.2. The Kier molecular flexibility index (Phi) is 72.8. The van der Waals surface area contributed by atoms with Gasteiger partial charge < -0.3 is 20.1 Å². The molecule has 0 fully saturated rings. The van der Waals surface area contributed by atoms with Crippen LogP contribution in [0, 0.1) is 0 Å². The van der Waals surface area contributed by atoms with E-state index in [-0.39, 0.29) is 38.6 Å². The zero-order chi connectivity index (χ0) is 64.4. The van der Waals surface area contributed by atoms with Crippen LogP contribution in [0.25, 0.3) is 0 Å². The van der Waals surface area contributed by atoms with Gasteiger partial charge in [-0.2, -0.15) is 0 Å². The molecular formula is C79H148NO8P. The molecule has 522 valence electrons. The Hall–Kier alpha value is -2.29. The van der Waals surface area contributed by atoms with Gasteiger partial charge in [0.2, 0.25) is 0 Å². The maximum atomic E-state index is 12.8. The summed E-state index contributed by atoms with van der Waals surface area (Å²) in [6.45, 7) is 3.70. The Bertz CT molecular complexity index is 1640. The minimum atomic E-state index is -4.40. The van der Waals surface area contributed by atoms with Gasteiger partial charge in [-0.1, -0.05) is 389 Å². The molecule has 0 aliphatic carbocycles. The first-order chi connectivity index (χ1) is 43.8. The van der Waals surface area contributed by atoms with Crippen molar-refractivity contribution in [3.63, 3.8) is 0 Å². The van der Waals surface area contributed by atoms with E-state index in [0.717, 1.165) is 70.6 Å². The van der Waals surface area contributed by atoms with Crippen LogP contribution in [-0.4, -0.2) is 49.3 Å². The molecule has 2 unspecified atom stereocenters. The summed E-state index contributed by atoms with van der Waals surface area (Å²) < 4.78 is 33.2. The molecule has 0 aromatic rings. The molecule has 0 amide bonds. The van der Waals surface area contributed by atoms with Gasteiger partial charge in [-0.05, 0) is 57.8 Å². The number of phosphoric acid groups is 1. The number of nitrogens with two attached hydrogens (primary N) is 1. The number of rotatable bonds is 74. The highest BCUT2D eigenvalue weighted by molar-refractivity contribution is 7.47. The van der Waals surface area contributed by atoms with Crippen molar-refractivity contribution in [1.82, 2.24) is 0 Å². The molecule has 3 N–H and O–H groups in total. The SMILES string of the molecule is CC/C=C\C/C=C\C/C=C\C/C=C\C/C=C\CCCCCCCCCCCCCCCC(=O)OC(COC(=O)CCCCCCCCCCCCCCCCCCCCCCCCCCCCCCCCCCCCCCCCC)COP(=O)(O)OCCN. The van der Waals surface area contributed by atoms with Crippen LogP contribution in [0.3, 0.4) is 0 Å². The molecule has 0 saturated carbocycles. The van der Waals surface area contributed by atoms with Crippen molar-refractivity contribution in [3.8, 4) is 0 Å². The number of carbonyl (C=O) groups excluding carboxylic acids is 2. The molecular weight excluding hydrogens is 1120 g/mol. The Labute approximate surface area is 552 Å². The quantitative estimate of drug-likeness (QED) is 0.0264. The molecule has 0 aliphatic heterocycles. The lowest BCUT2D eigenvalue weighted by Crippen LogP contribution is -2.29. The van der Waals surface area contributed by atoms with Gasteiger partial charge in [-0.25, -0.2) is 4.57 Å². The molecule has 0 radical (unpaired) electrons. The van der Waals surface area contributed by atoms with Gasteiger partial charge in [0.05, 0.1) is 13.2 Å². The lowest BCUT2D eigenvalue weighted by molar-refractivity contribution is -0.161. The molecule has 0 aliphatic rings. The van der Waals surface area contributed by atoms with Gasteiger partial charge in [0.25, 0.3) is 0 Å². The number of esters is 2. The highest BCUT2D eigenvalue weighted by Gasteiger charge is 2.26. The first kappa shape index (κ1) is 86.7. The van der Waals surface area contributed by atoms with Crippen LogP contribution in [0.4, 0.5) is 0 Å². The van der Waals surface area contributed by atoms with Crippen molar-refractivity contribution in [2.75, 3.05) is 26.4 Å². The molecule has 0 saturated heterocycles. The molecule has 0 aromatic heterocycles. The number of phosphoric ester groups is 1. The van der Waals surface area contributed by atoms with E-state index in [1.807, 2.05) is 0 Å². The van der Waals surface area contributed by atoms with Crippen molar-refractivity contribution in [3.05, 3.63) is 60.8 Å². The third-order valence-corrected chi connectivity index (χ3v) is 18.4. The van der Waals surface area contributed by atoms with Gasteiger partial charge in [-0.15, -0.1) is 0 Å². The number of hydrogen-bond acceptors (Lipinski definition) is 8. The Balaban J connectivity index is 3.76. The predicted octanol–water partition coefficient (Wildman–Crippen LogP) is 25.8. The van der Waals surface area contributed by atoms with Gasteiger partial charge in [-0.3, -0.25) is 18.6 Å². The smallest absolute Gasteiger partial charge is 0.462 e. The fourth-order valence-electron chi connectivity index (χ4n) is 11.7. The number of unbranched alkanes of at least 4 members (excludes halogenated alkanes) is 51. The van der Waals surface area contributed by atoms with Gasteiger partial charge in [0.1, 0.15) is 6.61 Å². The predicted molar refractivity (Wildman–Crippen MR) is 386 cm³/mol. The monoisotopic (exact) mass is 1270 g/mol. The lowest BCUT2D eigenvalue weighted by atomic mass is 10.0. The van der Waals surface area contributed by atoms with E-state index in [1.165, 1.54) is 295 Å². The zero-order valence-electron chi connectivity index (χ0n) is 58.9. The third kappa shape index (κ3) is 74.6. The number of allylic oxidation sites excluding steroid dienone is 10. The summed E-state index contributed by atoms with van der Waals surface area (Å²) in [4.78, 5) is 35.4. The standard InChI is InChI=1S/C79H148NO8P/c1-3-5-7-9-11-13-15-17-19-21-23-25-27-29-31-33-34-35-36-37-38-39-40-41-42-44-45-47-49-51-53-55-57-59-61-63-65-67-69-71-78(81)85-75-77(76-87-89(83,84)86-74-73-80)88-79(82)72-70-68-66-64-62-60-58-56-54-52-50-48-46-43-32-30-28-26-24-22-20-18-16-14-12-10-8-6-4-2/h6,8,12,14,18,20,24,26,30,32,77H,3-5,7,9-11,13,15-17,19,21-23,25,27-29,31,33-76,80H2,1-2H3,(H,83,84)/b8-6-,14-12-,20-18-,26-24-,32-30-. The number of ether oxygens (including phenoxy) is 2. The molecule has 0 rings (SSSR count). The van der Waals surface area contributed by atoms with E-state index in [1.54, 1.807) is 0 Å². The fourth-order valence-corrected chi connectivity index (χ4v) is 12.5. The van der Waals surface area contributed by atoms with Crippen molar-refractivity contribution in [2.45, 2.75) is 405 Å². The largest absolute Gasteiger partial charge is 0.472 e. The van der Waals surface area contributed by atoms with E-state index in [2.05, 4.69) is 74.6 Å². The summed E-state index contributed by atoms with van der Waals surface area (Å²) in [7, 11) is -4.40. The maximum absolute atomic E-state index is 12.8. The van der Waals surface area contributed by atoms with E-state index in [0.29, 0.717) is 6.42 Å². The van der Waals surface area contributed by atoms with Crippen LogP contribution >= 0.6 is 7.82 Å². The average molecular weight is 1270 g/mol. The molecule has 2 atom stereocenters. The minimum absolute atomic E-state index is 0.0536. The summed E-state index contributed by atoms with van der Waals surface area (Å²) >= 11 is 0. The first-order valence-corrected chi connectivity index (χ1v) is 40.3. The molecule has 0 aromatic carbocycles. The van der Waals surface area contributed by atoms with Gasteiger partial charge >= 0.3 is 19.8 Å². The summed E-state index contributed by atoms with van der Waals surface area (Å²) in [5.74, 6) is -0.811. The molecule has 9 nitrogen and oxygen atoms in total. The average Bonchev–Trinajstić information content (AvgIpc) is 3.68. The lowest BCUT2D eigenvalue weighted by Gasteiger charge is -2.19. The van der Waals surface area contributed by atoms with Gasteiger partial charge in [0, 0.05) is 19.4 Å². The summed E-state index contributed by atoms with van der Waals surface area (Å²) in [6, 6.07) is 0. The van der Waals surface area contributed by atoms with Crippen LogP contribution < -0.4 is 5.73 Å². The maximum Gasteiger partial charge on any atom is 0.472 e. The zero-order valence-corrected chi connectivity index (χ0v) is 59.8. The second kappa shape index (κ2) is 74.7. The van der Waals surface area contributed by atoms with Crippen molar-refractivity contribution in [2.24, 2.45) is 5.73 Å². The number of carbonyl (C=O) groups is 2. The van der Waals surface area contributed by atoms with E-state index < -0.39 is 26.5 Å². The van der Waals surface area contributed by atoms with Crippen LogP contribution in [-0.2, 0) is 32.7 Å². The third-order valence-electron chi connectivity index (χ3n) is 17.4. The Morgan fingerprint density at radius 2 is 0.618 bits per heavy atom. The fraction of sp³-hybridized carbons (Fsp3) is 0.848. The minimum Gasteiger partial charge on any atom is -0.462 e. The van der Waals surface area contributed by atoms with E-state index in [4.69, 9.17) is 24.3 Å². The Morgan fingerprint density at radius 1 is 0.348 bits per heavy atom. The van der Waals surface area contributed by atoms with Crippen LogP contribution in [0.5, 0.6) is 0 Å². The van der Waals surface area contributed by atoms with Crippen molar-refractivity contribution in [1.29, 1.82) is 0 Å². The Morgan fingerprint density at radius 3 is 0.921 bits per heavy atom. The highest BCUT2D eigenvalue weighted by Crippen LogP contribution is 2.43. The topological polar surface area (TPSA) is 134 Å². The molecule has 89 heavy (non-hydrogen) atoms. The van der Waals surface area contributed by atoms with Gasteiger partial charge in [0.15, 0.2) is 6.10 Å². The van der Waals surface area contributed by atoms with Crippen LogP contribution in [0.15, 0.2) is 60.8 Å². The normalized spacial score (nSPS) is 13.2. The summed E-state index contributed by atoms with van der Waals surface area (Å²) in [5.41, 5.74) is 5.41. The number of hydrogen-bond donors (Lipinski definition) is 2. The molecule has 0 spiro atoms. The molecule has 10 heteroatoms. The molecule has 0 heterocycles. The van der Waals surface area contributed by atoms with E-state index in [9.17, 15) is 19.0 Å². The molecule has 0 bridgehead atoms. The van der Waals surface area contributed by atoms with Crippen molar-refractivity contribution >= 4 is 19.8 Å². The summed E-state index contributed by atoms with van der Waals surface area (Å²) in [5, 5.41) is 0. The van der Waals surface area contributed by atoms with Crippen LogP contribution in [0.1, 0.15) is 399 Å².